The normalized spacial score (nSPS) is 13.5. The van der Waals surface area contributed by atoms with E-state index in [2.05, 4.69) is 0 Å². The van der Waals surface area contributed by atoms with Gasteiger partial charge >= 0.3 is 23.3 Å². The van der Waals surface area contributed by atoms with Crippen LogP contribution in [0.3, 0.4) is 0 Å². The fraction of sp³-hybridized carbons (Fsp3) is 0.500. The minimum Gasteiger partial charge on any atom is -0.550 e. The zero-order valence-corrected chi connectivity index (χ0v) is 8.03. The summed E-state index contributed by atoms with van der Waals surface area (Å²) in [6.45, 7) is 0. The standard InChI is InChI=1S/C6H8O7.Cr/c7-3(8)1-6(13,5(11)12)2-4(9)10;/h13H,1-2H2,(H,7,8)(H,9,10)(H,11,12);/q;+2/p-2. The molecule has 7 nitrogen and oxygen atoms in total. The summed E-state index contributed by atoms with van der Waals surface area (Å²) in [5.74, 6) is -5.67. The van der Waals surface area contributed by atoms with Crippen LogP contribution < -0.4 is 10.2 Å². The van der Waals surface area contributed by atoms with Crippen molar-refractivity contribution in [3.05, 3.63) is 0 Å². The number of carbonyl (C=O) groups is 3. The molecule has 2 N–H and O–H groups in total. The number of hydrogen-bond donors (Lipinski definition) is 2. The van der Waals surface area contributed by atoms with Gasteiger partial charge in [0, 0.05) is 12.4 Å². The van der Waals surface area contributed by atoms with Gasteiger partial charge in [-0.25, -0.2) is 0 Å². The second-order valence-electron chi connectivity index (χ2n) is 2.44. The maximum Gasteiger partial charge on any atom is 2.00 e. The molecule has 0 fully saturated rings. The largest absolute Gasteiger partial charge is 2.00 e. The molecule has 0 saturated carbocycles. The van der Waals surface area contributed by atoms with Crippen molar-refractivity contribution in [2.24, 2.45) is 0 Å². The Morgan fingerprint density at radius 2 is 1.57 bits per heavy atom. The Morgan fingerprint density at radius 3 is 1.79 bits per heavy atom. The first kappa shape index (κ1) is 15.4. The van der Waals surface area contributed by atoms with Crippen LogP contribution >= 0.6 is 0 Å². The molecule has 0 aliphatic heterocycles. The summed E-state index contributed by atoms with van der Waals surface area (Å²) in [4.78, 5) is 30.2. The molecule has 0 aromatic heterocycles. The van der Waals surface area contributed by atoms with Crippen molar-refractivity contribution in [2.75, 3.05) is 0 Å². The maximum absolute atomic E-state index is 10.2. The van der Waals surface area contributed by atoms with E-state index in [4.69, 9.17) is 10.2 Å². The fourth-order valence-electron chi connectivity index (χ4n) is 0.696. The Balaban J connectivity index is 0. The molecule has 0 aliphatic rings. The molecule has 0 aromatic carbocycles. The monoisotopic (exact) mass is 242 g/mol. The Bertz CT molecular complexity index is 233. The van der Waals surface area contributed by atoms with Gasteiger partial charge in [-0.05, 0) is 0 Å². The maximum atomic E-state index is 10.2. The molecule has 0 aliphatic carbocycles. The van der Waals surface area contributed by atoms with Crippen LogP contribution in [0.5, 0.6) is 0 Å². The Labute approximate surface area is 89.1 Å². The Morgan fingerprint density at radius 1 is 1.14 bits per heavy atom. The van der Waals surface area contributed by atoms with Crippen LogP contribution in [-0.2, 0) is 31.7 Å². The molecule has 0 radical (unpaired) electrons. The molecule has 0 aromatic rings. The molecule has 0 rings (SSSR count). The summed E-state index contributed by atoms with van der Waals surface area (Å²) < 4.78 is 0. The SMILES string of the molecule is O=C([O-])CC(O)(CC(=O)O)C(=O)[O-].[Cr+2]. The molecule has 0 bridgehead atoms. The molecular weight excluding hydrogens is 236 g/mol. The van der Waals surface area contributed by atoms with E-state index in [1.165, 1.54) is 0 Å². The third-order valence-corrected chi connectivity index (χ3v) is 1.26. The van der Waals surface area contributed by atoms with Crippen LogP contribution in [0, 0.1) is 0 Å². The van der Waals surface area contributed by atoms with Gasteiger partial charge < -0.3 is 30.0 Å². The first-order valence-electron chi connectivity index (χ1n) is 3.13. The van der Waals surface area contributed by atoms with Crippen LogP contribution in [0.4, 0.5) is 0 Å². The van der Waals surface area contributed by atoms with Gasteiger partial charge in [0.25, 0.3) is 0 Å². The summed E-state index contributed by atoms with van der Waals surface area (Å²) in [7, 11) is 0. The minimum absolute atomic E-state index is 0. The van der Waals surface area contributed by atoms with Crippen molar-refractivity contribution in [3.8, 4) is 0 Å². The van der Waals surface area contributed by atoms with Crippen LogP contribution in [-0.4, -0.2) is 33.7 Å². The van der Waals surface area contributed by atoms with Crippen molar-refractivity contribution in [1.82, 2.24) is 0 Å². The zero-order chi connectivity index (χ0) is 10.6. The molecule has 0 spiro atoms. The molecule has 0 heterocycles. The van der Waals surface area contributed by atoms with Crippen molar-refractivity contribution in [2.45, 2.75) is 18.4 Å². The van der Waals surface area contributed by atoms with E-state index < -0.39 is 36.4 Å². The topological polar surface area (TPSA) is 138 Å². The minimum atomic E-state index is -2.91. The third kappa shape index (κ3) is 4.81. The summed E-state index contributed by atoms with van der Waals surface area (Å²) in [6, 6.07) is 0. The molecule has 1 atom stereocenters. The second kappa shape index (κ2) is 5.59. The Hall–Kier alpha value is -1.10. The van der Waals surface area contributed by atoms with E-state index in [0.29, 0.717) is 0 Å². The molecule has 1 unspecified atom stereocenters. The molecular formula is C6H6CrO7. The van der Waals surface area contributed by atoms with Crippen molar-refractivity contribution < 1.29 is 52.2 Å². The average Bonchev–Trinajstić information content (AvgIpc) is 1.82. The first-order valence-corrected chi connectivity index (χ1v) is 3.13. The van der Waals surface area contributed by atoms with Gasteiger partial charge in [0.1, 0.15) is 5.60 Å². The van der Waals surface area contributed by atoms with Gasteiger partial charge in [0.15, 0.2) is 0 Å². The van der Waals surface area contributed by atoms with Gasteiger partial charge in [-0.1, -0.05) is 0 Å². The summed E-state index contributed by atoms with van der Waals surface area (Å²) >= 11 is 0. The summed E-state index contributed by atoms with van der Waals surface area (Å²) in [5, 5.41) is 37.2. The van der Waals surface area contributed by atoms with E-state index in [9.17, 15) is 24.6 Å². The van der Waals surface area contributed by atoms with Gasteiger partial charge in [0.2, 0.25) is 0 Å². The number of rotatable bonds is 5. The molecule has 8 heteroatoms. The smallest absolute Gasteiger partial charge is 0.550 e. The van der Waals surface area contributed by atoms with Crippen molar-refractivity contribution in [1.29, 1.82) is 0 Å². The summed E-state index contributed by atoms with van der Waals surface area (Å²) in [5.41, 5.74) is -2.91. The zero-order valence-electron chi connectivity index (χ0n) is 6.76. The van der Waals surface area contributed by atoms with Gasteiger partial charge in [-0.15, -0.1) is 0 Å². The van der Waals surface area contributed by atoms with Crippen LogP contribution in [0.15, 0.2) is 0 Å². The molecule has 78 valence electrons. The van der Waals surface area contributed by atoms with Crippen LogP contribution in [0.25, 0.3) is 0 Å². The van der Waals surface area contributed by atoms with Gasteiger partial charge in [0.05, 0.1) is 12.4 Å². The van der Waals surface area contributed by atoms with Crippen LogP contribution in [0.2, 0.25) is 0 Å². The van der Waals surface area contributed by atoms with E-state index in [1.54, 1.807) is 0 Å². The van der Waals surface area contributed by atoms with Gasteiger partial charge in [-0.3, -0.25) is 4.79 Å². The predicted molar refractivity (Wildman–Crippen MR) is 31.8 cm³/mol. The van der Waals surface area contributed by atoms with Gasteiger partial charge in [-0.2, -0.15) is 0 Å². The number of aliphatic hydroxyl groups is 1. The van der Waals surface area contributed by atoms with E-state index in [1.807, 2.05) is 0 Å². The quantitative estimate of drug-likeness (QED) is 0.502. The second-order valence-corrected chi connectivity index (χ2v) is 2.44. The number of carboxylic acids is 3. The summed E-state index contributed by atoms with van der Waals surface area (Å²) in [6.07, 6.45) is -2.56. The fourth-order valence-corrected chi connectivity index (χ4v) is 0.696. The Kier molecular flexibility index (Phi) is 6.15. The molecule has 0 saturated heterocycles. The number of aliphatic carboxylic acids is 3. The van der Waals surface area contributed by atoms with E-state index in [-0.39, 0.29) is 17.4 Å². The van der Waals surface area contributed by atoms with Crippen LogP contribution in [0.1, 0.15) is 12.8 Å². The average molecular weight is 242 g/mol. The number of carbonyl (C=O) groups excluding carboxylic acids is 2. The molecule has 14 heavy (non-hydrogen) atoms. The predicted octanol–water partition coefficient (Wildman–Crippen LogP) is -3.92. The first-order chi connectivity index (χ1) is 5.78. The van der Waals surface area contributed by atoms with Crippen molar-refractivity contribution in [3.63, 3.8) is 0 Å². The number of carboxylic acid groups (broad SMARTS) is 3. The van der Waals surface area contributed by atoms with E-state index in [0.717, 1.165) is 0 Å². The van der Waals surface area contributed by atoms with E-state index >= 15 is 0 Å². The molecule has 0 amide bonds. The van der Waals surface area contributed by atoms with Crippen molar-refractivity contribution >= 4 is 17.9 Å². The number of hydrogen-bond acceptors (Lipinski definition) is 6. The third-order valence-electron chi connectivity index (χ3n) is 1.26.